The van der Waals surface area contributed by atoms with E-state index in [4.69, 9.17) is 4.52 Å². The molecule has 2 rings (SSSR count). The Morgan fingerprint density at radius 3 is 2.33 bits per heavy atom. The number of nitrogens with zero attached hydrogens (tertiary/aromatic N) is 2. The molecule has 7 heteroatoms. The Balaban J connectivity index is 2.25. The van der Waals surface area contributed by atoms with Crippen LogP contribution in [-0.4, -0.2) is 28.0 Å². The van der Waals surface area contributed by atoms with Crippen LogP contribution in [0.5, 0.6) is 0 Å². The van der Waals surface area contributed by atoms with Crippen LogP contribution >= 0.6 is 0 Å². The Hall–Kier alpha value is -1.92. The monoisotopic (exact) mass is 336 g/mol. The summed E-state index contributed by atoms with van der Waals surface area (Å²) in [5.74, 6) is 0.632. The molecule has 0 unspecified atom stereocenters. The minimum absolute atomic E-state index is 0.217. The molecule has 2 amide bonds. The molecule has 0 bridgehead atoms. The number of aromatic nitrogens is 2. The highest BCUT2D eigenvalue weighted by molar-refractivity contribution is 5.86. The van der Waals surface area contributed by atoms with Gasteiger partial charge in [0.2, 0.25) is 11.8 Å². The van der Waals surface area contributed by atoms with E-state index < -0.39 is 11.6 Å². The molecule has 7 nitrogen and oxygen atoms in total. The molecule has 1 aromatic heterocycles. The van der Waals surface area contributed by atoms with Crippen LogP contribution in [0.15, 0.2) is 4.52 Å². The molecule has 0 spiro atoms. The van der Waals surface area contributed by atoms with E-state index in [2.05, 4.69) is 20.8 Å². The van der Waals surface area contributed by atoms with Gasteiger partial charge in [-0.05, 0) is 19.8 Å². The van der Waals surface area contributed by atoms with E-state index in [-0.39, 0.29) is 17.2 Å². The van der Waals surface area contributed by atoms with Crippen molar-refractivity contribution in [3.05, 3.63) is 11.7 Å². The molecule has 1 fully saturated rings. The molecule has 2 N–H and O–H groups in total. The lowest BCUT2D eigenvalue weighted by molar-refractivity contribution is -0.129. The largest absolute Gasteiger partial charge is 0.345 e. The van der Waals surface area contributed by atoms with Crippen molar-refractivity contribution in [1.82, 2.24) is 20.8 Å². The van der Waals surface area contributed by atoms with Crippen molar-refractivity contribution in [2.75, 3.05) is 0 Å². The Bertz CT molecular complexity index is 597. The zero-order valence-electron chi connectivity index (χ0n) is 15.2. The Morgan fingerprint density at radius 2 is 1.83 bits per heavy atom. The number of carbonyl (C=O) groups is 2. The second-order valence-corrected chi connectivity index (χ2v) is 7.73. The van der Waals surface area contributed by atoms with E-state index in [0.29, 0.717) is 11.7 Å². The molecule has 0 aliphatic heterocycles. The fourth-order valence-electron chi connectivity index (χ4n) is 2.98. The van der Waals surface area contributed by atoms with Gasteiger partial charge in [0.1, 0.15) is 11.6 Å². The van der Waals surface area contributed by atoms with E-state index >= 15 is 0 Å². The van der Waals surface area contributed by atoms with Gasteiger partial charge in [-0.15, -0.1) is 0 Å². The van der Waals surface area contributed by atoms with Crippen LogP contribution in [0, 0.1) is 0 Å². The summed E-state index contributed by atoms with van der Waals surface area (Å²) in [5.41, 5.74) is -0.857. The predicted molar refractivity (Wildman–Crippen MR) is 89.2 cm³/mol. The molecule has 0 radical (unpaired) electrons. The summed E-state index contributed by atoms with van der Waals surface area (Å²) >= 11 is 0. The van der Waals surface area contributed by atoms with Crippen molar-refractivity contribution in [3.8, 4) is 0 Å². The molecule has 1 atom stereocenters. The third-order valence-electron chi connectivity index (χ3n) is 4.39. The summed E-state index contributed by atoms with van der Waals surface area (Å²) in [6.45, 7) is 9.13. The number of nitrogens with one attached hydrogen (secondary N) is 2. The van der Waals surface area contributed by atoms with Crippen LogP contribution in [0.3, 0.4) is 0 Å². The Labute approximate surface area is 143 Å². The fourth-order valence-corrected chi connectivity index (χ4v) is 2.98. The minimum atomic E-state index is -0.640. The maximum Gasteiger partial charge on any atom is 0.252 e. The third kappa shape index (κ3) is 4.13. The Morgan fingerprint density at radius 1 is 1.21 bits per heavy atom. The zero-order valence-corrected chi connectivity index (χ0v) is 15.2. The summed E-state index contributed by atoms with van der Waals surface area (Å²) in [7, 11) is 0. The summed E-state index contributed by atoms with van der Waals surface area (Å²) < 4.78 is 5.53. The van der Waals surface area contributed by atoms with Gasteiger partial charge in [0.25, 0.3) is 5.89 Å². The quantitative estimate of drug-likeness (QED) is 0.878. The summed E-state index contributed by atoms with van der Waals surface area (Å²) in [6, 6.07) is -0.605. The first-order valence-electron chi connectivity index (χ1n) is 8.58. The minimum Gasteiger partial charge on any atom is -0.345 e. The maximum absolute atomic E-state index is 12.5. The lowest BCUT2D eigenvalue weighted by Gasteiger charge is -2.35. The topological polar surface area (TPSA) is 97.1 Å². The highest BCUT2D eigenvalue weighted by Crippen LogP contribution is 2.37. The van der Waals surface area contributed by atoms with E-state index in [1.807, 2.05) is 20.8 Å². The lowest BCUT2D eigenvalue weighted by Crippen LogP contribution is -2.53. The molecule has 1 saturated carbocycles. The molecule has 0 saturated heterocycles. The third-order valence-corrected chi connectivity index (χ3v) is 4.39. The highest BCUT2D eigenvalue weighted by Gasteiger charge is 2.42. The van der Waals surface area contributed by atoms with E-state index in [0.717, 1.165) is 32.1 Å². The first-order chi connectivity index (χ1) is 11.1. The van der Waals surface area contributed by atoms with Gasteiger partial charge >= 0.3 is 0 Å². The van der Waals surface area contributed by atoms with Gasteiger partial charge < -0.3 is 15.2 Å². The number of rotatable bonds is 4. The van der Waals surface area contributed by atoms with Crippen molar-refractivity contribution in [2.45, 2.75) is 83.7 Å². The average Bonchev–Trinajstić information content (AvgIpc) is 2.98. The van der Waals surface area contributed by atoms with Crippen molar-refractivity contribution in [3.63, 3.8) is 0 Å². The first-order valence-corrected chi connectivity index (χ1v) is 8.58. The fraction of sp³-hybridized carbons (Fsp3) is 0.765. The summed E-state index contributed by atoms with van der Waals surface area (Å²) in [4.78, 5) is 28.3. The smallest absolute Gasteiger partial charge is 0.252 e. The van der Waals surface area contributed by atoms with Gasteiger partial charge in [-0.3, -0.25) is 9.59 Å². The number of hydrogen-bond donors (Lipinski definition) is 2. The number of carbonyl (C=O) groups excluding carboxylic acids is 2. The molecule has 1 aromatic rings. The molecule has 134 valence electrons. The maximum atomic E-state index is 12.5. The van der Waals surface area contributed by atoms with Crippen molar-refractivity contribution < 1.29 is 14.1 Å². The van der Waals surface area contributed by atoms with Crippen LogP contribution in [0.1, 0.15) is 78.4 Å². The van der Waals surface area contributed by atoms with Crippen LogP contribution in [0.25, 0.3) is 0 Å². The molecule has 24 heavy (non-hydrogen) atoms. The van der Waals surface area contributed by atoms with E-state index in [9.17, 15) is 9.59 Å². The van der Waals surface area contributed by atoms with Crippen molar-refractivity contribution in [2.24, 2.45) is 0 Å². The van der Waals surface area contributed by atoms with Crippen molar-refractivity contribution >= 4 is 11.8 Å². The molecule has 1 aliphatic rings. The number of amides is 2. The van der Waals surface area contributed by atoms with Gasteiger partial charge in [0.15, 0.2) is 5.82 Å². The van der Waals surface area contributed by atoms with Gasteiger partial charge in [0.05, 0.1) is 0 Å². The highest BCUT2D eigenvalue weighted by atomic mass is 16.5. The lowest BCUT2D eigenvalue weighted by atomic mass is 9.81. The van der Waals surface area contributed by atoms with Gasteiger partial charge in [0, 0.05) is 12.3 Å². The zero-order chi connectivity index (χ0) is 18.0. The first kappa shape index (κ1) is 18.4. The van der Waals surface area contributed by atoms with Crippen LogP contribution in [-0.2, 0) is 20.5 Å². The van der Waals surface area contributed by atoms with E-state index in [1.54, 1.807) is 6.92 Å². The number of hydrogen-bond acceptors (Lipinski definition) is 5. The molecule has 1 aliphatic carbocycles. The standard InChI is InChI=1S/C17H28N4O3/c1-11(18-12(2)22)13(23)20-17(9-7-6-8-10-17)15-19-14(21-24-15)16(3,4)5/h11H,6-10H2,1-5H3,(H,18,22)(H,20,23)/t11-/m0/s1. The van der Waals surface area contributed by atoms with Crippen LogP contribution < -0.4 is 10.6 Å². The predicted octanol–water partition coefficient (Wildman–Crippen LogP) is 2.17. The second-order valence-electron chi connectivity index (χ2n) is 7.73. The van der Waals surface area contributed by atoms with E-state index in [1.165, 1.54) is 6.92 Å². The average molecular weight is 336 g/mol. The van der Waals surface area contributed by atoms with Crippen molar-refractivity contribution in [1.29, 1.82) is 0 Å². The molecular weight excluding hydrogens is 308 g/mol. The SMILES string of the molecule is CC(=O)N[C@@H](C)C(=O)NC1(c2nc(C(C)(C)C)no2)CCCCC1. The second kappa shape index (κ2) is 6.91. The van der Waals surface area contributed by atoms with Gasteiger partial charge in [-0.2, -0.15) is 4.98 Å². The van der Waals surface area contributed by atoms with Crippen LogP contribution in [0.4, 0.5) is 0 Å². The summed E-state index contributed by atoms with van der Waals surface area (Å²) in [5, 5.41) is 9.78. The van der Waals surface area contributed by atoms with Crippen LogP contribution in [0.2, 0.25) is 0 Å². The molecule has 0 aromatic carbocycles. The normalized spacial score (nSPS) is 18.7. The molecule has 1 heterocycles. The Kier molecular flexibility index (Phi) is 5.30. The van der Waals surface area contributed by atoms with Gasteiger partial charge in [-0.1, -0.05) is 45.2 Å². The van der Waals surface area contributed by atoms with Gasteiger partial charge in [-0.25, -0.2) is 0 Å². The summed E-state index contributed by atoms with van der Waals surface area (Å²) in [6.07, 6.45) is 4.62. The molecular formula is C17H28N4O3.